The Morgan fingerprint density at radius 3 is 2.58 bits per heavy atom. The summed E-state index contributed by atoms with van der Waals surface area (Å²) in [6.07, 6.45) is 7.30. The Balaban J connectivity index is 1.86. The average Bonchev–Trinajstić information content (AvgIpc) is 3.35. The van der Waals surface area contributed by atoms with Crippen molar-refractivity contribution in [2.24, 2.45) is 5.92 Å². The lowest BCUT2D eigenvalue weighted by Gasteiger charge is -2.21. The van der Waals surface area contributed by atoms with Crippen molar-refractivity contribution < 1.29 is 4.79 Å². The van der Waals surface area contributed by atoms with Gasteiger partial charge < -0.3 is 14.7 Å². The van der Waals surface area contributed by atoms with E-state index in [-0.39, 0.29) is 12.0 Å². The third kappa shape index (κ3) is 3.16. The molecule has 0 aliphatic carbocycles. The van der Waals surface area contributed by atoms with Gasteiger partial charge >= 0.3 is 0 Å². The standard InChI is InChI=1S/C20H19ClN4O/c21-17-3-1-14(2-4-17)19-20(15-5-8-22-9-6-15)25(13-24-19)18(12-26)16-7-10-23-11-16/h1-6,8-9,12-13,16,18,23H,7,10-11H2/t16-,18?/m0/s1. The molecule has 0 spiro atoms. The van der Waals surface area contributed by atoms with Gasteiger partial charge in [-0.3, -0.25) is 4.98 Å². The lowest BCUT2D eigenvalue weighted by atomic mass is 9.98. The maximum atomic E-state index is 12.0. The van der Waals surface area contributed by atoms with Crippen LogP contribution < -0.4 is 5.32 Å². The van der Waals surface area contributed by atoms with Gasteiger partial charge in [0.25, 0.3) is 0 Å². The van der Waals surface area contributed by atoms with Gasteiger partial charge in [0.1, 0.15) is 6.29 Å². The fourth-order valence-corrected chi connectivity index (χ4v) is 3.70. The molecule has 0 radical (unpaired) electrons. The number of nitrogens with zero attached hydrogens (tertiary/aromatic N) is 3. The number of imidazole rings is 1. The minimum atomic E-state index is -0.248. The zero-order valence-electron chi connectivity index (χ0n) is 14.2. The van der Waals surface area contributed by atoms with E-state index in [1.165, 1.54) is 0 Å². The molecule has 2 atom stereocenters. The number of pyridine rings is 1. The zero-order valence-corrected chi connectivity index (χ0v) is 14.9. The summed E-state index contributed by atoms with van der Waals surface area (Å²) in [6, 6.07) is 11.2. The van der Waals surface area contributed by atoms with Gasteiger partial charge in [0.15, 0.2) is 0 Å². The molecule has 1 saturated heterocycles. The first-order valence-corrected chi connectivity index (χ1v) is 9.05. The summed E-state index contributed by atoms with van der Waals surface area (Å²) in [4.78, 5) is 20.7. The molecular formula is C20H19ClN4O. The second kappa shape index (κ2) is 7.40. The summed E-state index contributed by atoms with van der Waals surface area (Å²) in [5.41, 5.74) is 3.72. The number of hydrogen-bond donors (Lipinski definition) is 1. The van der Waals surface area contributed by atoms with Gasteiger partial charge in [-0.15, -0.1) is 0 Å². The quantitative estimate of drug-likeness (QED) is 0.701. The van der Waals surface area contributed by atoms with Crippen LogP contribution in [-0.4, -0.2) is 33.9 Å². The molecule has 2 aromatic heterocycles. The summed E-state index contributed by atoms with van der Waals surface area (Å²) in [7, 11) is 0. The highest BCUT2D eigenvalue weighted by molar-refractivity contribution is 6.30. The van der Waals surface area contributed by atoms with E-state index in [1.807, 2.05) is 41.0 Å². The maximum Gasteiger partial charge on any atom is 0.143 e. The van der Waals surface area contributed by atoms with Crippen molar-refractivity contribution in [3.05, 3.63) is 60.1 Å². The molecule has 5 nitrogen and oxygen atoms in total. The van der Waals surface area contributed by atoms with Gasteiger partial charge in [-0.1, -0.05) is 23.7 Å². The number of nitrogens with one attached hydrogen (secondary N) is 1. The Kier molecular flexibility index (Phi) is 4.82. The van der Waals surface area contributed by atoms with Crippen LogP contribution in [0, 0.1) is 5.92 Å². The molecule has 3 heterocycles. The van der Waals surface area contributed by atoms with Crippen LogP contribution in [0.15, 0.2) is 55.1 Å². The van der Waals surface area contributed by atoms with Crippen molar-refractivity contribution in [3.63, 3.8) is 0 Å². The van der Waals surface area contributed by atoms with E-state index >= 15 is 0 Å². The molecular weight excluding hydrogens is 348 g/mol. The van der Waals surface area contributed by atoms with Gasteiger partial charge in [-0.2, -0.15) is 0 Å². The number of hydrogen-bond acceptors (Lipinski definition) is 4. The van der Waals surface area contributed by atoms with E-state index in [1.54, 1.807) is 18.7 Å². The summed E-state index contributed by atoms with van der Waals surface area (Å²) in [5.74, 6) is 0.264. The fourth-order valence-electron chi connectivity index (χ4n) is 3.57. The third-order valence-electron chi connectivity index (χ3n) is 4.91. The summed E-state index contributed by atoms with van der Waals surface area (Å²) in [5, 5.41) is 4.03. The molecule has 1 aliphatic heterocycles. The first-order valence-electron chi connectivity index (χ1n) is 8.67. The minimum Gasteiger partial charge on any atom is -0.319 e. The van der Waals surface area contributed by atoms with Crippen molar-refractivity contribution in [1.29, 1.82) is 0 Å². The molecule has 0 bridgehead atoms. The molecule has 0 amide bonds. The van der Waals surface area contributed by atoms with Gasteiger partial charge in [0.05, 0.1) is 23.8 Å². The first kappa shape index (κ1) is 16.9. The number of carbonyl (C=O) groups excluding carboxylic acids is 1. The van der Waals surface area contributed by atoms with E-state index in [2.05, 4.69) is 15.3 Å². The summed E-state index contributed by atoms with van der Waals surface area (Å²) >= 11 is 6.03. The van der Waals surface area contributed by atoms with Crippen molar-refractivity contribution in [2.75, 3.05) is 13.1 Å². The predicted molar refractivity (Wildman–Crippen MR) is 102 cm³/mol. The van der Waals surface area contributed by atoms with E-state index in [0.29, 0.717) is 5.02 Å². The largest absolute Gasteiger partial charge is 0.319 e. The maximum absolute atomic E-state index is 12.0. The Morgan fingerprint density at radius 2 is 1.92 bits per heavy atom. The number of rotatable bonds is 5. The first-order chi connectivity index (χ1) is 12.8. The second-order valence-electron chi connectivity index (χ2n) is 6.47. The zero-order chi connectivity index (χ0) is 17.9. The van der Waals surface area contributed by atoms with E-state index in [0.717, 1.165) is 48.3 Å². The molecule has 1 unspecified atom stereocenters. The highest BCUT2D eigenvalue weighted by Crippen LogP contribution is 2.35. The number of aldehydes is 1. The number of halogens is 1. The Morgan fingerprint density at radius 1 is 1.15 bits per heavy atom. The van der Waals surface area contributed by atoms with Gasteiger partial charge in [0.2, 0.25) is 0 Å². The SMILES string of the molecule is O=CC([C@H]1CCNC1)n1cnc(-c2ccc(Cl)cc2)c1-c1ccncc1. The normalized spacial score (nSPS) is 18.0. The topological polar surface area (TPSA) is 59.8 Å². The van der Waals surface area contributed by atoms with Crippen molar-refractivity contribution in [2.45, 2.75) is 12.5 Å². The molecule has 1 aromatic carbocycles. The molecule has 4 rings (SSSR count). The van der Waals surface area contributed by atoms with Crippen LogP contribution in [0.3, 0.4) is 0 Å². The van der Waals surface area contributed by atoms with Crippen LogP contribution in [0.2, 0.25) is 5.02 Å². The van der Waals surface area contributed by atoms with Gasteiger partial charge in [-0.05, 0) is 37.2 Å². The van der Waals surface area contributed by atoms with E-state index < -0.39 is 0 Å². The lowest BCUT2D eigenvalue weighted by molar-refractivity contribution is -0.111. The molecule has 26 heavy (non-hydrogen) atoms. The molecule has 132 valence electrons. The van der Waals surface area contributed by atoms with Crippen LogP contribution in [0.4, 0.5) is 0 Å². The Hall–Kier alpha value is -2.50. The highest BCUT2D eigenvalue weighted by atomic mass is 35.5. The summed E-state index contributed by atoms with van der Waals surface area (Å²) in [6.45, 7) is 1.78. The van der Waals surface area contributed by atoms with Crippen LogP contribution >= 0.6 is 11.6 Å². The molecule has 0 saturated carbocycles. The summed E-state index contributed by atoms with van der Waals surface area (Å²) < 4.78 is 2.00. The highest BCUT2D eigenvalue weighted by Gasteiger charge is 2.29. The van der Waals surface area contributed by atoms with Crippen molar-refractivity contribution in [1.82, 2.24) is 19.9 Å². The Labute approximate surface area is 157 Å². The van der Waals surface area contributed by atoms with Gasteiger partial charge in [-0.25, -0.2) is 4.98 Å². The second-order valence-corrected chi connectivity index (χ2v) is 6.91. The van der Waals surface area contributed by atoms with E-state index in [4.69, 9.17) is 11.6 Å². The molecule has 6 heteroatoms. The smallest absolute Gasteiger partial charge is 0.143 e. The van der Waals surface area contributed by atoms with Crippen molar-refractivity contribution >= 4 is 17.9 Å². The van der Waals surface area contributed by atoms with E-state index in [9.17, 15) is 4.79 Å². The molecule has 1 aliphatic rings. The third-order valence-corrected chi connectivity index (χ3v) is 5.16. The lowest BCUT2D eigenvalue weighted by Crippen LogP contribution is -2.23. The number of benzene rings is 1. The van der Waals surface area contributed by atoms with Crippen LogP contribution in [0.1, 0.15) is 12.5 Å². The van der Waals surface area contributed by atoms with Gasteiger partial charge in [0, 0.05) is 41.0 Å². The monoisotopic (exact) mass is 366 g/mol. The number of aromatic nitrogens is 3. The van der Waals surface area contributed by atoms with Crippen LogP contribution in [0.25, 0.3) is 22.5 Å². The number of carbonyl (C=O) groups is 1. The van der Waals surface area contributed by atoms with Crippen molar-refractivity contribution in [3.8, 4) is 22.5 Å². The predicted octanol–water partition coefficient (Wildman–Crippen LogP) is 3.62. The average molecular weight is 367 g/mol. The van der Waals surface area contributed by atoms with Crippen LogP contribution in [-0.2, 0) is 4.79 Å². The molecule has 1 N–H and O–H groups in total. The minimum absolute atomic E-state index is 0.248. The van der Waals surface area contributed by atoms with Crippen LogP contribution in [0.5, 0.6) is 0 Å². The molecule has 1 fully saturated rings. The Bertz CT molecular complexity index is 886. The molecule has 3 aromatic rings. The fraction of sp³-hybridized carbons (Fsp3) is 0.250.